The highest BCUT2D eigenvalue weighted by molar-refractivity contribution is 7.89. The molecule has 0 atom stereocenters. The van der Waals surface area contributed by atoms with Gasteiger partial charge in [0.25, 0.3) is 0 Å². The van der Waals surface area contributed by atoms with Gasteiger partial charge in [-0.25, -0.2) is 18.5 Å². The molecule has 8 heteroatoms. The van der Waals surface area contributed by atoms with E-state index in [1.165, 1.54) is 25.0 Å². The Labute approximate surface area is 142 Å². The van der Waals surface area contributed by atoms with E-state index in [2.05, 4.69) is 20.2 Å². The number of nitrogens with two attached hydrogens (primary N) is 1. The van der Waals surface area contributed by atoms with E-state index < -0.39 is 10.0 Å². The Bertz CT molecular complexity index is 786. The Balaban J connectivity index is 1.55. The molecule has 1 fully saturated rings. The van der Waals surface area contributed by atoms with Crippen molar-refractivity contribution in [3.63, 3.8) is 0 Å². The Kier molecular flexibility index (Phi) is 4.96. The van der Waals surface area contributed by atoms with Gasteiger partial charge in [-0.3, -0.25) is 0 Å². The van der Waals surface area contributed by atoms with Gasteiger partial charge in [0.15, 0.2) is 0 Å². The number of anilines is 2. The largest absolute Gasteiger partial charge is 0.356 e. The molecule has 0 amide bonds. The molecule has 1 aromatic heterocycles. The molecule has 0 spiro atoms. The molecule has 2 heterocycles. The van der Waals surface area contributed by atoms with Crippen LogP contribution in [0.5, 0.6) is 0 Å². The Morgan fingerprint density at radius 3 is 2.50 bits per heavy atom. The summed E-state index contributed by atoms with van der Waals surface area (Å²) in [4.78, 5) is 11.2. The molecule has 7 nitrogen and oxygen atoms in total. The lowest BCUT2D eigenvalue weighted by molar-refractivity contribution is 0.598. The fourth-order valence-corrected chi connectivity index (χ4v) is 3.24. The molecule has 0 unspecified atom stereocenters. The van der Waals surface area contributed by atoms with Crippen molar-refractivity contribution in [2.45, 2.75) is 24.2 Å². The first-order valence-electron chi connectivity index (χ1n) is 7.96. The van der Waals surface area contributed by atoms with Gasteiger partial charge in [0, 0.05) is 25.8 Å². The van der Waals surface area contributed by atoms with Crippen molar-refractivity contribution in [3.8, 4) is 0 Å². The summed E-state index contributed by atoms with van der Waals surface area (Å²) in [6.07, 6.45) is 4.93. The minimum absolute atomic E-state index is 0.126. The number of aromatic nitrogens is 2. The highest BCUT2D eigenvalue weighted by atomic mass is 32.2. The molecule has 1 saturated heterocycles. The summed E-state index contributed by atoms with van der Waals surface area (Å²) in [5.74, 6) is 1.57. The number of hydrogen-bond donors (Lipinski definition) is 2. The fraction of sp³-hybridized carbons (Fsp3) is 0.375. The van der Waals surface area contributed by atoms with Crippen LogP contribution in [0.25, 0.3) is 0 Å². The molecule has 0 aliphatic carbocycles. The van der Waals surface area contributed by atoms with E-state index in [4.69, 9.17) is 5.14 Å². The molecule has 3 rings (SSSR count). The van der Waals surface area contributed by atoms with Crippen molar-refractivity contribution < 1.29 is 8.42 Å². The first-order chi connectivity index (χ1) is 11.5. The van der Waals surface area contributed by atoms with Gasteiger partial charge in [-0.15, -0.1) is 0 Å². The lowest BCUT2D eigenvalue weighted by Crippen LogP contribution is -2.20. The fourth-order valence-electron chi connectivity index (χ4n) is 2.72. The number of primary sulfonamides is 1. The van der Waals surface area contributed by atoms with Crippen LogP contribution in [0, 0.1) is 0 Å². The summed E-state index contributed by atoms with van der Waals surface area (Å²) in [6, 6.07) is 8.51. The molecule has 3 N–H and O–H groups in total. The van der Waals surface area contributed by atoms with Gasteiger partial charge in [0.1, 0.15) is 5.82 Å². The second kappa shape index (κ2) is 7.14. The maximum Gasteiger partial charge on any atom is 0.238 e. The van der Waals surface area contributed by atoms with Crippen molar-refractivity contribution in [2.24, 2.45) is 5.14 Å². The molecule has 2 aromatic rings. The van der Waals surface area contributed by atoms with Gasteiger partial charge >= 0.3 is 0 Å². The number of rotatable bonds is 6. The summed E-state index contributed by atoms with van der Waals surface area (Å²) in [5.41, 5.74) is 1.02. The molecule has 128 valence electrons. The summed E-state index contributed by atoms with van der Waals surface area (Å²) >= 11 is 0. The van der Waals surface area contributed by atoms with Crippen LogP contribution in [0.1, 0.15) is 18.4 Å². The average Bonchev–Trinajstić information content (AvgIpc) is 3.09. The van der Waals surface area contributed by atoms with E-state index in [9.17, 15) is 8.42 Å². The zero-order chi connectivity index (χ0) is 17.0. The minimum Gasteiger partial charge on any atom is -0.356 e. The van der Waals surface area contributed by atoms with Crippen LogP contribution in [0.2, 0.25) is 0 Å². The van der Waals surface area contributed by atoms with Gasteiger partial charge in [-0.05, 0) is 43.0 Å². The first kappa shape index (κ1) is 16.7. The SMILES string of the molecule is NS(=O)(=O)c1ccc(CCNc2nccc(N3CCCC3)n2)cc1. The quantitative estimate of drug-likeness (QED) is 0.819. The Hall–Kier alpha value is -2.19. The maximum absolute atomic E-state index is 11.2. The average molecular weight is 347 g/mol. The zero-order valence-corrected chi connectivity index (χ0v) is 14.2. The molecule has 1 aliphatic rings. The normalized spacial score (nSPS) is 14.8. The van der Waals surface area contributed by atoms with Crippen LogP contribution in [-0.2, 0) is 16.4 Å². The van der Waals surface area contributed by atoms with Crippen LogP contribution < -0.4 is 15.4 Å². The van der Waals surface area contributed by atoms with Crippen LogP contribution in [0.4, 0.5) is 11.8 Å². The number of nitrogens with one attached hydrogen (secondary N) is 1. The number of nitrogens with zero attached hydrogens (tertiary/aromatic N) is 3. The third kappa shape index (κ3) is 4.21. The van der Waals surface area contributed by atoms with E-state index >= 15 is 0 Å². The van der Waals surface area contributed by atoms with Crippen LogP contribution in [0.15, 0.2) is 41.4 Å². The number of hydrogen-bond acceptors (Lipinski definition) is 6. The van der Waals surface area contributed by atoms with Crippen molar-refractivity contribution in [2.75, 3.05) is 29.9 Å². The van der Waals surface area contributed by atoms with Gasteiger partial charge < -0.3 is 10.2 Å². The molecule has 0 saturated carbocycles. The Morgan fingerprint density at radius 2 is 1.83 bits per heavy atom. The summed E-state index contributed by atoms with van der Waals surface area (Å²) < 4.78 is 22.5. The molecule has 1 aromatic carbocycles. The standard InChI is InChI=1S/C16H21N5O2S/c17-24(22,23)14-5-3-13(4-6-14)7-9-18-16-19-10-8-15(20-16)21-11-1-2-12-21/h3-6,8,10H,1-2,7,9,11-12H2,(H2,17,22,23)(H,18,19,20). The lowest BCUT2D eigenvalue weighted by atomic mass is 10.1. The van der Waals surface area contributed by atoms with E-state index in [0.29, 0.717) is 12.5 Å². The van der Waals surface area contributed by atoms with Gasteiger partial charge in [0.05, 0.1) is 4.90 Å². The van der Waals surface area contributed by atoms with E-state index in [0.717, 1.165) is 30.9 Å². The monoisotopic (exact) mass is 347 g/mol. The Morgan fingerprint density at radius 1 is 1.12 bits per heavy atom. The zero-order valence-electron chi connectivity index (χ0n) is 13.4. The maximum atomic E-state index is 11.2. The van der Waals surface area contributed by atoms with Crippen molar-refractivity contribution in [3.05, 3.63) is 42.1 Å². The van der Waals surface area contributed by atoms with Gasteiger partial charge in [0.2, 0.25) is 16.0 Å². The minimum atomic E-state index is -3.64. The summed E-state index contributed by atoms with van der Waals surface area (Å²) in [6.45, 7) is 2.76. The smallest absolute Gasteiger partial charge is 0.238 e. The predicted molar refractivity (Wildman–Crippen MR) is 93.5 cm³/mol. The molecule has 1 aliphatic heterocycles. The highest BCUT2D eigenvalue weighted by Gasteiger charge is 2.13. The highest BCUT2D eigenvalue weighted by Crippen LogP contribution is 2.18. The molecule has 0 bridgehead atoms. The third-order valence-electron chi connectivity index (χ3n) is 4.02. The van der Waals surface area contributed by atoms with Crippen LogP contribution in [0.3, 0.4) is 0 Å². The van der Waals surface area contributed by atoms with Crippen LogP contribution in [-0.4, -0.2) is 38.0 Å². The summed E-state index contributed by atoms with van der Waals surface area (Å²) in [7, 11) is -3.64. The molecule has 0 radical (unpaired) electrons. The second-order valence-corrected chi connectivity index (χ2v) is 7.36. The molecular formula is C16H21N5O2S. The van der Waals surface area contributed by atoms with Crippen molar-refractivity contribution in [1.82, 2.24) is 9.97 Å². The van der Waals surface area contributed by atoms with Crippen LogP contribution >= 0.6 is 0 Å². The van der Waals surface area contributed by atoms with E-state index in [-0.39, 0.29) is 4.90 Å². The van der Waals surface area contributed by atoms with Gasteiger partial charge in [-0.1, -0.05) is 12.1 Å². The summed E-state index contributed by atoms with van der Waals surface area (Å²) in [5, 5.41) is 8.30. The van der Waals surface area contributed by atoms with Crippen molar-refractivity contribution >= 4 is 21.8 Å². The third-order valence-corrected chi connectivity index (χ3v) is 4.95. The topological polar surface area (TPSA) is 101 Å². The predicted octanol–water partition coefficient (Wildman–Crippen LogP) is 1.38. The lowest BCUT2D eigenvalue weighted by Gasteiger charge is -2.16. The first-order valence-corrected chi connectivity index (χ1v) is 9.51. The van der Waals surface area contributed by atoms with Crippen molar-refractivity contribution in [1.29, 1.82) is 0 Å². The number of sulfonamides is 1. The second-order valence-electron chi connectivity index (χ2n) is 5.80. The van der Waals surface area contributed by atoms with E-state index in [1.54, 1.807) is 18.3 Å². The number of benzene rings is 1. The molecule has 24 heavy (non-hydrogen) atoms. The molecular weight excluding hydrogens is 326 g/mol. The van der Waals surface area contributed by atoms with E-state index in [1.807, 2.05) is 6.07 Å². The van der Waals surface area contributed by atoms with Gasteiger partial charge in [-0.2, -0.15) is 4.98 Å².